The molecule has 8 heteroatoms. The van der Waals surface area contributed by atoms with E-state index >= 15 is 0 Å². The molecule has 41 heavy (non-hydrogen) atoms. The normalized spacial score (nSPS) is 14.1. The van der Waals surface area contributed by atoms with E-state index in [2.05, 4.69) is 14.5 Å². The van der Waals surface area contributed by atoms with Gasteiger partial charge < -0.3 is 14.8 Å². The SMILES string of the molecule is O=C(O)c1ccc2c(c1)nc(-c1ccc3nc(C(=O)O)c(-c4ccc5ncccc5c4)cc3c1)n2C1CCCCC1. The van der Waals surface area contributed by atoms with Crippen LogP contribution in [0.2, 0.25) is 0 Å². The van der Waals surface area contributed by atoms with Gasteiger partial charge in [-0.3, -0.25) is 4.98 Å². The monoisotopic (exact) mass is 542 g/mol. The molecule has 6 aromatic rings. The van der Waals surface area contributed by atoms with Gasteiger partial charge in [0.2, 0.25) is 0 Å². The lowest BCUT2D eigenvalue weighted by molar-refractivity contribution is 0.0683. The number of carboxylic acids is 2. The van der Waals surface area contributed by atoms with Crippen molar-refractivity contribution in [2.45, 2.75) is 38.1 Å². The summed E-state index contributed by atoms with van der Waals surface area (Å²) in [4.78, 5) is 37.8. The summed E-state index contributed by atoms with van der Waals surface area (Å²) in [5, 5.41) is 21.3. The lowest BCUT2D eigenvalue weighted by Gasteiger charge is -2.25. The molecule has 202 valence electrons. The van der Waals surface area contributed by atoms with Crippen LogP contribution in [0.15, 0.2) is 79.0 Å². The molecule has 3 aromatic heterocycles. The third kappa shape index (κ3) is 4.37. The second-order valence-corrected chi connectivity index (χ2v) is 10.6. The number of hydrogen-bond donors (Lipinski definition) is 2. The summed E-state index contributed by atoms with van der Waals surface area (Å²) < 4.78 is 2.26. The molecular weight excluding hydrogens is 516 g/mol. The first-order valence-corrected chi connectivity index (χ1v) is 13.8. The summed E-state index contributed by atoms with van der Waals surface area (Å²) in [6, 6.07) is 22.5. The van der Waals surface area contributed by atoms with Crippen LogP contribution >= 0.6 is 0 Å². The van der Waals surface area contributed by atoms with Gasteiger partial charge in [-0.2, -0.15) is 0 Å². The molecule has 0 radical (unpaired) electrons. The molecule has 2 N–H and O–H groups in total. The number of pyridine rings is 2. The Kier molecular flexibility index (Phi) is 5.96. The molecule has 0 unspecified atom stereocenters. The molecular formula is C33H26N4O4. The highest BCUT2D eigenvalue weighted by Crippen LogP contribution is 2.37. The Hall–Kier alpha value is -5.11. The second-order valence-electron chi connectivity index (χ2n) is 10.6. The van der Waals surface area contributed by atoms with Crippen LogP contribution in [-0.4, -0.2) is 41.7 Å². The number of carbonyl (C=O) groups is 2. The summed E-state index contributed by atoms with van der Waals surface area (Å²) in [6.45, 7) is 0. The minimum atomic E-state index is -1.09. The molecule has 8 nitrogen and oxygen atoms in total. The van der Waals surface area contributed by atoms with Gasteiger partial charge in [0.25, 0.3) is 0 Å². The Bertz CT molecular complexity index is 2010. The number of hydrogen-bond acceptors (Lipinski definition) is 5. The second kappa shape index (κ2) is 9.82. The lowest BCUT2D eigenvalue weighted by atomic mass is 9.94. The van der Waals surface area contributed by atoms with E-state index in [-0.39, 0.29) is 17.3 Å². The zero-order chi connectivity index (χ0) is 28.1. The van der Waals surface area contributed by atoms with Crippen LogP contribution in [0.4, 0.5) is 0 Å². The molecule has 1 aliphatic rings. The van der Waals surface area contributed by atoms with Crippen molar-refractivity contribution in [3.8, 4) is 22.5 Å². The van der Waals surface area contributed by atoms with Crippen LogP contribution in [-0.2, 0) is 0 Å². The van der Waals surface area contributed by atoms with Crippen LogP contribution in [0.5, 0.6) is 0 Å². The smallest absolute Gasteiger partial charge is 0.355 e. The Morgan fingerprint density at radius 1 is 0.732 bits per heavy atom. The summed E-state index contributed by atoms with van der Waals surface area (Å²) >= 11 is 0. The molecule has 1 aliphatic carbocycles. The quantitative estimate of drug-likeness (QED) is 0.233. The van der Waals surface area contributed by atoms with Crippen molar-refractivity contribution in [1.82, 2.24) is 19.5 Å². The first-order valence-electron chi connectivity index (χ1n) is 13.8. The fourth-order valence-corrected chi connectivity index (χ4v) is 6.09. The van der Waals surface area contributed by atoms with E-state index in [4.69, 9.17) is 4.98 Å². The van der Waals surface area contributed by atoms with E-state index in [0.29, 0.717) is 16.6 Å². The number of aromatic nitrogens is 4. The first-order chi connectivity index (χ1) is 20.0. The molecule has 3 aromatic carbocycles. The van der Waals surface area contributed by atoms with Gasteiger partial charge >= 0.3 is 11.9 Å². The van der Waals surface area contributed by atoms with Gasteiger partial charge in [0, 0.05) is 34.1 Å². The van der Waals surface area contributed by atoms with Gasteiger partial charge in [-0.05, 0) is 79.1 Å². The molecule has 0 aliphatic heterocycles. The highest BCUT2D eigenvalue weighted by molar-refractivity contribution is 6.00. The molecule has 1 saturated carbocycles. The van der Waals surface area contributed by atoms with Crippen LogP contribution in [0.25, 0.3) is 55.4 Å². The molecule has 0 saturated heterocycles. The van der Waals surface area contributed by atoms with Crippen molar-refractivity contribution in [1.29, 1.82) is 0 Å². The fourth-order valence-electron chi connectivity index (χ4n) is 6.09. The van der Waals surface area contributed by atoms with Crippen molar-refractivity contribution in [2.75, 3.05) is 0 Å². The van der Waals surface area contributed by atoms with E-state index in [1.807, 2.05) is 60.7 Å². The van der Waals surface area contributed by atoms with Gasteiger partial charge in [0.15, 0.2) is 5.69 Å². The van der Waals surface area contributed by atoms with Gasteiger partial charge in [0.05, 0.1) is 27.6 Å². The highest BCUT2D eigenvalue weighted by Gasteiger charge is 2.24. The predicted molar refractivity (Wildman–Crippen MR) is 157 cm³/mol. The summed E-state index contributed by atoms with van der Waals surface area (Å²) in [5.74, 6) is -1.30. The third-order valence-corrected chi connectivity index (χ3v) is 8.07. The average Bonchev–Trinajstić information content (AvgIpc) is 3.39. The maximum atomic E-state index is 12.3. The van der Waals surface area contributed by atoms with Crippen molar-refractivity contribution < 1.29 is 19.8 Å². The molecule has 1 fully saturated rings. The number of aromatic carboxylic acids is 2. The maximum absolute atomic E-state index is 12.3. The maximum Gasteiger partial charge on any atom is 0.355 e. The van der Waals surface area contributed by atoms with Gasteiger partial charge in [-0.1, -0.05) is 31.4 Å². The van der Waals surface area contributed by atoms with E-state index in [1.165, 1.54) is 6.42 Å². The summed E-state index contributed by atoms with van der Waals surface area (Å²) in [5.41, 5.74) is 5.31. The number of nitrogens with zero attached hydrogens (tertiary/aromatic N) is 4. The summed E-state index contributed by atoms with van der Waals surface area (Å²) in [6.07, 6.45) is 7.30. The zero-order valence-electron chi connectivity index (χ0n) is 22.1. The standard InChI is InChI=1S/C33H26N4O4/c38-32(39)22-10-13-29-28(18-22)36-31(37(29)24-6-2-1-3-7-24)21-9-12-27-23(16-21)17-25(30(35-27)33(40)41)19-8-11-26-20(15-19)5-4-14-34-26/h4-5,8-18,24H,1-3,6-7H2,(H,38,39)(H,40,41). The molecule has 0 bridgehead atoms. The van der Waals surface area contributed by atoms with Gasteiger partial charge in [0.1, 0.15) is 5.82 Å². The van der Waals surface area contributed by atoms with Crippen molar-refractivity contribution in [3.05, 3.63) is 90.3 Å². The number of carboxylic acid groups (broad SMARTS) is 2. The van der Waals surface area contributed by atoms with Gasteiger partial charge in [-0.15, -0.1) is 0 Å². The molecule has 0 atom stereocenters. The minimum Gasteiger partial charge on any atom is -0.478 e. The van der Waals surface area contributed by atoms with Crippen LogP contribution in [0.1, 0.15) is 59.0 Å². The summed E-state index contributed by atoms with van der Waals surface area (Å²) in [7, 11) is 0. The predicted octanol–water partition coefficient (Wildman–Crippen LogP) is 7.37. The third-order valence-electron chi connectivity index (χ3n) is 8.07. The van der Waals surface area contributed by atoms with Gasteiger partial charge in [-0.25, -0.2) is 19.6 Å². The average molecular weight is 543 g/mol. The number of rotatable bonds is 5. The van der Waals surface area contributed by atoms with Crippen molar-refractivity contribution in [2.24, 2.45) is 0 Å². The highest BCUT2D eigenvalue weighted by atomic mass is 16.4. The van der Waals surface area contributed by atoms with E-state index in [0.717, 1.165) is 64.4 Å². The van der Waals surface area contributed by atoms with E-state index in [9.17, 15) is 19.8 Å². The van der Waals surface area contributed by atoms with Crippen LogP contribution < -0.4 is 0 Å². The Balaban J connectivity index is 1.42. The lowest BCUT2D eigenvalue weighted by Crippen LogP contribution is -2.14. The number of imidazole rings is 1. The fraction of sp³-hybridized carbons (Fsp3) is 0.182. The number of fused-ring (bicyclic) bond motifs is 3. The van der Waals surface area contributed by atoms with E-state index in [1.54, 1.807) is 18.3 Å². The van der Waals surface area contributed by atoms with Crippen molar-refractivity contribution in [3.63, 3.8) is 0 Å². The first kappa shape index (κ1) is 24.9. The Labute approximate surface area is 234 Å². The Morgan fingerprint density at radius 2 is 1.51 bits per heavy atom. The van der Waals surface area contributed by atoms with Crippen molar-refractivity contribution >= 4 is 44.8 Å². The topological polar surface area (TPSA) is 118 Å². The molecule has 3 heterocycles. The Morgan fingerprint density at radius 3 is 2.32 bits per heavy atom. The zero-order valence-corrected chi connectivity index (χ0v) is 22.1. The van der Waals surface area contributed by atoms with Crippen LogP contribution in [0.3, 0.4) is 0 Å². The minimum absolute atomic E-state index is 0.0101. The molecule has 0 spiro atoms. The number of benzene rings is 3. The molecule has 7 rings (SSSR count). The van der Waals surface area contributed by atoms with E-state index < -0.39 is 11.9 Å². The van der Waals surface area contributed by atoms with Crippen LogP contribution in [0, 0.1) is 0 Å². The molecule has 0 amide bonds. The largest absolute Gasteiger partial charge is 0.478 e.